The number of hydrogen-bond donors (Lipinski definition) is 1. The molecular formula is C13H15ClN2O2. The number of hydrogen-bond acceptors (Lipinski definition) is 4. The van der Waals surface area contributed by atoms with Crippen molar-refractivity contribution in [2.24, 2.45) is 0 Å². The highest BCUT2D eigenvalue weighted by Gasteiger charge is 2.14. The maximum absolute atomic E-state index is 6.14. The number of fused-ring (bicyclic) bond motifs is 1. The second kappa shape index (κ2) is 5.28. The number of furan rings is 1. The summed E-state index contributed by atoms with van der Waals surface area (Å²) >= 11 is 6.14. The molecular weight excluding hydrogens is 252 g/mol. The standard InChI is InChI=1S/C13H15ClN2O2/c14-13-11(9-15-16-5-7-17-8-6-16)10-3-1-2-4-12(10)18-13/h1-4,15H,5-9H2. The van der Waals surface area contributed by atoms with Crippen LogP contribution in [0.2, 0.25) is 5.22 Å². The number of para-hydroxylation sites is 1. The van der Waals surface area contributed by atoms with Gasteiger partial charge in [0.1, 0.15) is 5.58 Å². The van der Waals surface area contributed by atoms with Crippen molar-refractivity contribution < 1.29 is 9.15 Å². The van der Waals surface area contributed by atoms with Gasteiger partial charge >= 0.3 is 0 Å². The lowest BCUT2D eigenvalue weighted by Crippen LogP contribution is -2.45. The lowest BCUT2D eigenvalue weighted by Gasteiger charge is -2.27. The number of hydrazine groups is 1. The van der Waals surface area contributed by atoms with Crippen molar-refractivity contribution in [1.82, 2.24) is 10.4 Å². The van der Waals surface area contributed by atoms with Gasteiger partial charge in [0.15, 0.2) is 5.22 Å². The van der Waals surface area contributed by atoms with Gasteiger partial charge in [-0.2, -0.15) is 0 Å². The molecule has 0 aliphatic carbocycles. The van der Waals surface area contributed by atoms with Crippen LogP contribution in [0.25, 0.3) is 11.0 Å². The molecule has 1 N–H and O–H groups in total. The fourth-order valence-corrected chi connectivity index (χ4v) is 2.40. The van der Waals surface area contributed by atoms with Crippen molar-refractivity contribution in [3.05, 3.63) is 35.0 Å². The first-order valence-corrected chi connectivity index (χ1v) is 6.44. The molecule has 96 valence electrons. The van der Waals surface area contributed by atoms with E-state index >= 15 is 0 Å². The fraction of sp³-hybridized carbons (Fsp3) is 0.385. The van der Waals surface area contributed by atoms with Crippen molar-refractivity contribution in [1.29, 1.82) is 0 Å². The first-order chi connectivity index (χ1) is 8.84. The number of nitrogens with one attached hydrogen (secondary N) is 1. The van der Waals surface area contributed by atoms with Gasteiger partial charge in [0.2, 0.25) is 0 Å². The van der Waals surface area contributed by atoms with E-state index in [2.05, 4.69) is 10.4 Å². The lowest BCUT2D eigenvalue weighted by atomic mass is 10.2. The number of nitrogens with zero attached hydrogens (tertiary/aromatic N) is 1. The minimum atomic E-state index is 0.469. The minimum absolute atomic E-state index is 0.469. The van der Waals surface area contributed by atoms with Crippen molar-refractivity contribution in [3.8, 4) is 0 Å². The summed E-state index contributed by atoms with van der Waals surface area (Å²) in [6, 6.07) is 7.90. The van der Waals surface area contributed by atoms with Crippen LogP contribution >= 0.6 is 11.6 Å². The number of morpholine rings is 1. The maximum Gasteiger partial charge on any atom is 0.199 e. The highest BCUT2D eigenvalue weighted by molar-refractivity contribution is 6.30. The highest BCUT2D eigenvalue weighted by atomic mass is 35.5. The molecule has 1 aromatic heterocycles. The Labute approximate surface area is 110 Å². The van der Waals surface area contributed by atoms with Crippen molar-refractivity contribution in [2.45, 2.75) is 6.54 Å². The molecule has 0 radical (unpaired) electrons. The Morgan fingerprint density at radius 3 is 2.83 bits per heavy atom. The van der Waals surface area contributed by atoms with Crippen LogP contribution in [0.1, 0.15) is 5.56 Å². The average molecular weight is 267 g/mol. The van der Waals surface area contributed by atoms with Gasteiger partial charge in [-0.25, -0.2) is 5.01 Å². The maximum atomic E-state index is 6.14. The molecule has 0 amide bonds. The monoisotopic (exact) mass is 266 g/mol. The number of halogens is 1. The summed E-state index contributed by atoms with van der Waals surface area (Å²) in [6.07, 6.45) is 0. The Hall–Kier alpha value is -1.07. The Morgan fingerprint density at radius 1 is 1.22 bits per heavy atom. The first-order valence-electron chi connectivity index (χ1n) is 6.07. The van der Waals surface area contributed by atoms with Gasteiger partial charge in [0, 0.05) is 30.6 Å². The quantitative estimate of drug-likeness (QED) is 0.926. The van der Waals surface area contributed by atoms with Crippen molar-refractivity contribution in [3.63, 3.8) is 0 Å². The van der Waals surface area contributed by atoms with Crippen LogP contribution in [0.5, 0.6) is 0 Å². The summed E-state index contributed by atoms with van der Waals surface area (Å²) in [5, 5.41) is 3.70. The third-order valence-electron chi connectivity index (χ3n) is 3.14. The summed E-state index contributed by atoms with van der Waals surface area (Å²) in [6.45, 7) is 4.01. The van der Waals surface area contributed by atoms with E-state index in [1.807, 2.05) is 24.3 Å². The van der Waals surface area contributed by atoms with E-state index in [9.17, 15) is 0 Å². The van der Waals surface area contributed by atoms with Crippen LogP contribution in [0, 0.1) is 0 Å². The van der Waals surface area contributed by atoms with Crippen molar-refractivity contribution in [2.75, 3.05) is 26.3 Å². The zero-order valence-electron chi connectivity index (χ0n) is 9.99. The minimum Gasteiger partial charge on any atom is -0.444 e. The SMILES string of the molecule is Clc1oc2ccccc2c1CNN1CCOCC1. The molecule has 3 rings (SSSR count). The van der Waals surface area contributed by atoms with Crippen molar-refractivity contribution >= 4 is 22.6 Å². The summed E-state index contributed by atoms with van der Waals surface area (Å²) < 4.78 is 10.8. The summed E-state index contributed by atoms with van der Waals surface area (Å²) in [5.41, 5.74) is 5.21. The molecule has 0 spiro atoms. The Kier molecular flexibility index (Phi) is 3.52. The van der Waals surface area contributed by atoms with Crippen LogP contribution in [-0.2, 0) is 11.3 Å². The molecule has 1 fully saturated rings. The molecule has 4 nitrogen and oxygen atoms in total. The van der Waals surface area contributed by atoms with Gasteiger partial charge in [0.25, 0.3) is 0 Å². The largest absolute Gasteiger partial charge is 0.444 e. The third-order valence-corrected chi connectivity index (χ3v) is 3.44. The van der Waals surface area contributed by atoms with Crippen LogP contribution in [0.4, 0.5) is 0 Å². The van der Waals surface area contributed by atoms with E-state index in [-0.39, 0.29) is 0 Å². The van der Waals surface area contributed by atoms with E-state index in [1.54, 1.807) is 0 Å². The van der Waals surface area contributed by atoms with Gasteiger partial charge in [-0.15, -0.1) is 0 Å². The lowest BCUT2D eigenvalue weighted by molar-refractivity contribution is 0.0106. The first kappa shape index (κ1) is 12.0. The molecule has 2 heterocycles. The smallest absolute Gasteiger partial charge is 0.199 e. The molecule has 1 saturated heterocycles. The topological polar surface area (TPSA) is 37.6 Å². The van der Waals surface area contributed by atoms with E-state index in [0.717, 1.165) is 42.8 Å². The summed E-state index contributed by atoms with van der Waals surface area (Å²) in [4.78, 5) is 0. The summed E-state index contributed by atoms with van der Waals surface area (Å²) in [5.74, 6) is 0. The van der Waals surface area contributed by atoms with E-state index < -0.39 is 0 Å². The average Bonchev–Trinajstić information content (AvgIpc) is 2.73. The Balaban J connectivity index is 1.75. The molecule has 1 aromatic carbocycles. The molecule has 2 aromatic rings. The summed E-state index contributed by atoms with van der Waals surface area (Å²) in [7, 11) is 0. The van der Waals surface area contributed by atoms with Gasteiger partial charge < -0.3 is 9.15 Å². The molecule has 0 atom stereocenters. The predicted molar refractivity (Wildman–Crippen MR) is 70.5 cm³/mol. The van der Waals surface area contributed by atoms with Gasteiger partial charge in [-0.1, -0.05) is 18.2 Å². The Bertz CT molecular complexity index is 535. The molecule has 0 unspecified atom stereocenters. The van der Waals surface area contributed by atoms with E-state index in [4.69, 9.17) is 20.8 Å². The fourth-order valence-electron chi connectivity index (χ4n) is 2.15. The van der Waals surface area contributed by atoms with E-state index in [1.165, 1.54) is 0 Å². The van der Waals surface area contributed by atoms with Crippen LogP contribution in [-0.4, -0.2) is 31.3 Å². The zero-order valence-corrected chi connectivity index (χ0v) is 10.7. The zero-order chi connectivity index (χ0) is 12.4. The second-order valence-corrected chi connectivity index (χ2v) is 4.63. The van der Waals surface area contributed by atoms with Gasteiger partial charge in [0.05, 0.1) is 13.2 Å². The van der Waals surface area contributed by atoms with Gasteiger partial charge in [-0.05, 0) is 17.7 Å². The van der Waals surface area contributed by atoms with Gasteiger partial charge in [-0.3, -0.25) is 5.43 Å². The number of rotatable bonds is 3. The van der Waals surface area contributed by atoms with Crippen LogP contribution in [0.15, 0.2) is 28.7 Å². The molecule has 18 heavy (non-hydrogen) atoms. The molecule has 1 aliphatic heterocycles. The second-order valence-electron chi connectivity index (χ2n) is 4.28. The highest BCUT2D eigenvalue weighted by Crippen LogP contribution is 2.29. The predicted octanol–water partition coefficient (Wildman–Crippen LogP) is 2.42. The normalized spacial score (nSPS) is 17.4. The molecule has 1 aliphatic rings. The van der Waals surface area contributed by atoms with Crippen LogP contribution in [0.3, 0.4) is 0 Å². The van der Waals surface area contributed by atoms with Crippen LogP contribution < -0.4 is 5.43 Å². The Morgan fingerprint density at radius 2 is 2.00 bits per heavy atom. The third kappa shape index (κ3) is 2.37. The molecule has 5 heteroatoms. The molecule has 0 saturated carbocycles. The number of benzene rings is 1. The number of ether oxygens (including phenoxy) is 1. The van der Waals surface area contributed by atoms with E-state index in [0.29, 0.717) is 11.8 Å². The molecule has 0 bridgehead atoms.